The van der Waals surface area contributed by atoms with Crippen molar-refractivity contribution in [3.8, 4) is 11.5 Å². The molecule has 1 N–H and O–H groups in total. The van der Waals surface area contributed by atoms with E-state index >= 15 is 0 Å². The van der Waals surface area contributed by atoms with Crippen LogP contribution in [0.2, 0.25) is 0 Å². The summed E-state index contributed by atoms with van der Waals surface area (Å²) in [7, 11) is 1.59. The Balaban J connectivity index is 1.55. The Hall–Kier alpha value is -4.12. The van der Waals surface area contributed by atoms with Crippen molar-refractivity contribution >= 4 is 28.2 Å². The van der Waals surface area contributed by atoms with Crippen LogP contribution in [0.5, 0.6) is 11.5 Å². The van der Waals surface area contributed by atoms with Gasteiger partial charge in [-0.1, -0.05) is 48.5 Å². The number of amides is 1. The number of anilines is 1. The molecule has 32 heavy (non-hydrogen) atoms. The van der Waals surface area contributed by atoms with Gasteiger partial charge in [0.1, 0.15) is 18.1 Å². The van der Waals surface area contributed by atoms with Gasteiger partial charge in [-0.25, -0.2) is 0 Å². The van der Waals surface area contributed by atoms with Crippen molar-refractivity contribution in [3.05, 3.63) is 102 Å². The van der Waals surface area contributed by atoms with Crippen molar-refractivity contribution in [2.24, 2.45) is 0 Å². The van der Waals surface area contributed by atoms with Gasteiger partial charge in [0, 0.05) is 27.8 Å². The van der Waals surface area contributed by atoms with E-state index in [-0.39, 0.29) is 18.3 Å². The van der Waals surface area contributed by atoms with E-state index in [1.807, 2.05) is 42.5 Å². The number of rotatable bonds is 7. The summed E-state index contributed by atoms with van der Waals surface area (Å²) in [5.41, 5.74) is 2.33. The van der Waals surface area contributed by atoms with Gasteiger partial charge in [0.15, 0.2) is 5.78 Å². The summed E-state index contributed by atoms with van der Waals surface area (Å²) in [6, 6.07) is 26.0. The van der Waals surface area contributed by atoms with Crippen LogP contribution in [-0.4, -0.2) is 18.8 Å². The largest absolute Gasteiger partial charge is 0.496 e. The summed E-state index contributed by atoms with van der Waals surface area (Å²) < 4.78 is 11.6. The number of carbonyl (C=O) groups is 2. The molecule has 0 fully saturated rings. The number of carbonyl (C=O) groups excluding carboxylic acids is 2. The predicted octanol–water partition coefficient (Wildman–Crippen LogP) is 5.88. The molecule has 5 nitrogen and oxygen atoms in total. The molecule has 0 aromatic heterocycles. The Morgan fingerprint density at radius 2 is 1.59 bits per heavy atom. The first kappa shape index (κ1) is 21.1. The highest BCUT2D eigenvalue weighted by atomic mass is 16.5. The molecule has 0 aliphatic rings. The molecule has 0 spiro atoms. The minimum Gasteiger partial charge on any atom is -0.496 e. The molecule has 4 aromatic carbocycles. The zero-order chi connectivity index (χ0) is 22.5. The molecule has 4 rings (SSSR count). The lowest BCUT2D eigenvalue weighted by Crippen LogP contribution is -2.13. The smallest absolute Gasteiger partial charge is 0.255 e. The van der Waals surface area contributed by atoms with Gasteiger partial charge in [-0.3, -0.25) is 9.59 Å². The number of ether oxygens (including phenoxy) is 2. The topological polar surface area (TPSA) is 64.6 Å². The van der Waals surface area contributed by atoms with E-state index < -0.39 is 0 Å². The summed E-state index contributed by atoms with van der Waals surface area (Å²) >= 11 is 0. The van der Waals surface area contributed by atoms with E-state index in [2.05, 4.69) is 5.32 Å². The van der Waals surface area contributed by atoms with Crippen LogP contribution in [0.15, 0.2) is 84.9 Å². The number of ketones is 1. The van der Waals surface area contributed by atoms with Crippen molar-refractivity contribution < 1.29 is 19.1 Å². The maximum atomic E-state index is 12.8. The SMILES string of the molecule is COc1ccc(C(=O)Nc2cccc(C(C)=O)c2)cc1COc1cccc2ccccc12. The molecule has 0 saturated carbocycles. The number of nitrogens with one attached hydrogen (secondary N) is 1. The quantitative estimate of drug-likeness (QED) is 0.376. The second-order valence-electron chi connectivity index (χ2n) is 7.38. The first-order valence-electron chi connectivity index (χ1n) is 10.2. The number of methoxy groups -OCH3 is 1. The predicted molar refractivity (Wildman–Crippen MR) is 126 cm³/mol. The second-order valence-corrected chi connectivity index (χ2v) is 7.38. The normalized spacial score (nSPS) is 10.6. The minimum absolute atomic E-state index is 0.0570. The molecule has 0 unspecified atom stereocenters. The third-order valence-corrected chi connectivity index (χ3v) is 5.20. The third kappa shape index (κ3) is 4.62. The van der Waals surface area contributed by atoms with E-state index in [0.717, 1.165) is 22.1 Å². The molecular weight excluding hydrogens is 402 g/mol. The molecular formula is C27H23NO4. The average Bonchev–Trinajstić information content (AvgIpc) is 2.82. The number of fused-ring (bicyclic) bond motifs is 1. The monoisotopic (exact) mass is 425 g/mol. The molecule has 160 valence electrons. The van der Waals surface area contributed by atoms with Gasteiger partial charge in [0.2, 0.25) is 0 Å². The zero-order valence-electron chi connectivity index (χ0n) is 17.9. The van der Waals surface area contributed by atoms with Crippen LogP contribution in [0.1, 0.15) is 33.2 Å². The fraction of sp³-hybridized carbons (Fsp3) is 0.111. The van der Waals surface area contributed by atoms with Crippen LogP contribution in [0.4, 0.5) is 5.69 Å². The molecule has 5 heteroatoms. The Morgan fingerprint density at radius 3 is 2.41 bits per heavy atom. The van der Waals surface area contributed by atoms with Gasteiger partial charge in [-0.2, -0.15) is 0 Å². The number of benzene rings is 4. The molecule has 0 heterocycles. The number of Topliss-reactive ketones (excluding diaryl/α,β-unsaturated/α-hetero) is 1. The van der Waals surface area contributed by atoms with Crippen molar-refractivity contribution in [3.63, 3.8) is 0 Å². The molecule has 0 aliphatic heterocycles. The highest BCUT2D eigenvalue weighted by molar-refractivity contribution is 6.05. The second kappa shape index (κ2) is 9.35. The van der Waals surface area contributed by atoms with E-state index in [1.54, 1.807) is 49.6 Å². The van der Waals surface area contributed by atoms with Crippen molar-refractivity contribution in [2.75, 3.05) is 12.4 Å². The molecule has 1 amide bonds. The van der Waals surface area contributed by atoms with Gasteiger partial charge in [-0.05, 0) is 48.7 Å². The lowest BCUT2D eigenvalue weighted by molar-refractivity contribution is 0.101. The minimum atomic E-state index is -0.278. The van der Waals surface area contributed by atoms with Crippen LogP contribution in [0.3, 0.4) is 0 Å². The molecule has 0 bridgehead atoms. The van der Waals surface area contributed by atoms with E-state index in [0.29, 0.717) is 22.6 Å². The summed E-state index contributed by atoms with van der Waals surface area (Å²) in [6.07, 6.45) is 0. The van der Waals surface area contributed by atoms with Gasteiger partial charge in [-0.15, -0.1) is 0 Å². The van der Waals surface area contributed by atoms with Gasteiger partial charge in [0.05, 0.1) is 7.11 Å². The standard InChI is InChI=1S/C27H23NO4/c1-18(29)20-9-5-10-23(16-20)28-27(30)21-13-14-25(31-2)22(15-21)17-32-26-12-6-8-19-7-3-4-11-24(19)26/h3-16H,17H2,1-2H3,(H,28,30). The summed E-state index contributed by atoms with van der Waals surface area (Å²) in [6.45, 7) is 1.74. The van der Waals surface area contributed by atoms with Crippen molar-refractivity contribution in [2.45, 2.75) is 13.5 Å². The molecule has 0 radical (unpaired) electrons. The van der Waals surface area contributed by atoms with Crippen molar-refractivity contribution in [1.29, 1.82) is 0 Å². The first-order valence-corrected chi connectivity index (χ1v) is 10.2. The third-order valence-electron chi connectivity index (χ3n) is 5.20. The number of hydrogen-bond acceptors (Lipinski definition) is 4. The fourth-order valence-electron chi connectivity index (χ4n) is 3.53. The van der Waals surface area contributed by atoms with Gasteiger partial charge >= 0.3 is 0 Å². The molecule has 0 atom stereocenters. The maximum Gasteiger partial charge on any atom is 0.255 e. The molecule has 0 aliphatic carbocycles. The summed E-state index contributed by atoms with van der Waals surface area (Å²) in [5.74, 6) is 1.07. The van der Waals surface area contributed by atoms with Crippen molar-refractivity contribution in [1.82, 2.24) is 0 Å². The van der Waals surface area contributed by atoms with E-state index in [1.165, 1.54) is 6.92 Å². The lowest BCUT2D eigenvalue weighted by Gasteiger charge is -2.14. The average molecular weight is 425 g/mol. The zero-order valence-corrected chi connectivity index (χ0v) is 17.9. The first-order chi connectivity index (χ1) is 15.5. The van der Waals surface area contributed by atoms with Crippen LogP contribution < -0.4 is 14.8 Å². The Kier molecular flexibility index (Phi) is 6.17. The van der Waals surface area contributed by atoms with Gasteiger partial charge in [0.25, 0.3) is 5.91 Å². The lowest BCUT2D eigenvalue weighted by atomic mass is 10.1. The van der Waals surface area contributed by atoms with Crippen LogP contribution >= 0.6 is 0 Å². The Labute approximate surface area is 186 Å². The van der Waals surface area contributed by atoms with E-state index in [9.17, 15) is 9.59 Å². The summed E-state index contributed by atoms with van der Waals surface area (Å²) in [5, 5.41) is 4.96. The Morgan fingerprint density at radius 1 is 0.812 bits per heavy atom. The Bertz CT molecular complexity index is 1290. The van der Waals surface area contributed by atoms with E-state index in [4.69, 9.17) is 9.47 Å². The molecule has 4 aromatic rings. The van der Waals surface area contributed by atoms with Gasteiger partial charge < -0.3 is 14.8 Å². The highest BCUT2D eigenvalue weighted by Crippen LogP contribution is 2.28. The van der Waals surface area contributed by atoms with Crippen LogP contribution in [0.25, 0.3) is 10.8 Å². The summed E-state index contributed by atoms with van der Waals surface area (Å²) in [4.78, 5) is 24.4. The van der Waals surface area contributed by atoms with Crippen LogP contribution in [0, 0.1) is 0 Å². The fourth-order valence-corrected chi connectivity index (χ4v) is 3.53. The molecule has 0 saturated heterocycles. The van der Waals surface area contributed by atoms with Crippen LogP contribution in [-0.2, 0) is 6.61 Å². The highest BCUT2D eigenvalue weighted by Gasteiger charge is 2.13. The number of hydrogen-bond donors (Lipinski definition) is 1. The maximum absolute atomic E-state index is 12.8.